The number of anilines is 1. The second kappa shape index (κ2) is 5.78. The van der Waals surface area contributed by atoms with Crippen LogP contribution in [-0.2, 0) is 11.2 Å². The first kappa shape index (κ1) is 12.9. The predicted molar refractivity (Wildman–Crippen MR) is 60.6 cm³/mol. The third kappa shape index (κ3) is 4.06. The van der Waals surface area contributed by atoms with Gasteiger partial charge in [0.2, 0.25) is 5.95 Å². The molecule has 0 unspecified atom stereocenters. The molecule has 7 nitrogen and oxygen atoms in total. The van der Waals surface area contributed by atoms with Crippen molar-refractivity contribution in [2.24, 2.45) is 5.10 Å². The molecule has 0 saturated carbocycles. The topological polar surface area (TPSA) is 110 Å². The van der Waals surface area contributed by atoms with E-state index in [2.05, 4.69) is 20.5 Å². The van der Waals surface area contributed by atoms with E-state index in [1.165, 1.54) is 13.0 Å². The van der Waals surface area contributed by atoms with Crippen LogP contribution in [0.4, 0.5) is 5.95 Å². The Kier molecular flexibility index (Phi) is 4.38. The van der Waals surface area contributed by atoms with Crippen molar-refractivity contribution >= 4 is 17.6 Å². The van der Waals surface area contributed by atoms with E-state index in [-0.39, 0.29) is 17.2 Å². The van der Waals surface area contributed by atoms with Gasteiger partial charge in [-0.25, -0.2) is 10.4 Å². The summed E-state index contributed by atoms with van der Waals surface area (Å²) in [4.78, 5) is 28.1. The molecule has 0 aromatic carbocycles. The molecule has 7 heteroatoms. The van der Waals surface area contributed by atoms with E-state index in [1.807, 2.05) is 6.92 Å². The Morgan fingerprint density at radius 3 is 2.94 bits per heavy atom. The lowest BCUT2D eigenvalue weighted by molar-refractivity contribution is -0.294. The van der Waals surface area contributed by atoms with E-state index in [4.69, 9.17) is 0 Å². The summed E-state index contributed by atoms with van der Waals surface area (Å²) in [5, 5.41) is 13.9. The van der Waals surface area contributed by atoms with E-state index in [1.54, 1.807) is 0 Å². The van der Waals surface area contributed by atoms with Crippen LogP contribution in [0.25, 0.3) is 0 Å². The van der Waals surface area contributed by atoms with Gasteiger partial charge >= 0.3 is 0 Å². The van der Waals surface area contributed by atoms with Gasteiger partial charge in [-0.2, -0.15) is 5.10 Å². The summed E-state index contributed by atoms with van der Waals surface area (Å²) in [5.74, 6) is -1.27. The van der Waals surface area contributed by atoms with Gasteiger partial charge in [0.25, 0.3) is 5.56 Å². The molecule has 0 aliphatic heterocycles. The van der Waals surface area contributed by atoms with Crippen LogP contribution in [0.5, 0.6) is 0 Å². The van der Waals surface area contributed by atoms with Gasteiger partial charge in [0.1, 0.15) is 0 Å². The first-order chi connectivity index (χ1) is 8.02. The molecule has 0 radical (unpaired) electrons. The van der Waals surface area contributed by atoms with Gasteiger partial charge in [0.15, 0.2) is 0 Å². The number of carbonyl (C=O) groups excluding carboxylic acids is 1. The number of nitrogens with zero attached hydrogens (tertiary/aromatic N) is 2. The summed E-state index contributed by atoms with van der Waals surface area (Å²) < 4.78 is 0. The van der Waals surface area contributed by atoms with Crippen LogP contribution < -0.4 is 16.1 Å². The van der Waals surface area contributed by atoms with Gasteiger partial charge in [-0.05, 0) is 13.3 Å². The van der Waals surface area contributed by atoms with Crippen LogP contribution in [0.15, 0.2) is 16.0 Å². The number of carbonyl (C=O) groups is 1. The van der Waals surface area contributed by atoms with E-state index >= 15 is 0 Å². The van der Waals surface area contributed by atoms with Crippen LogP contribution in [0.1, 0.15) is 26.0 Å². The number of aryl methyl sites for hydroxylation is 1. The molecule has 1 aromatic heterocycles. The van der Waals surface area contributed by atoms with Gasteiger partial charge < -0.3 is 9.90 Å². The van der Waals surface area contributed by atoms with Gasteiger partial charge in [-0.3, -0.25) is 9.78 Å². The smallest absolute Gasteiger partial charge is 0.252 e. The fourth-order valence-corrected chi connectivity index (χ4v) is 1.13. The highest BCUT2D eigenvalue weighted by molar-refractivity contribution is 6.33. The lowest BCUT2D eigenvalue weighted by Gasteiger charge is -2.04. The van der Waals surface area contributed by atoms with Crippen molar-refractivity contribution in [3.63, 3.8) is 0 Å². The Balaban J connectivity index is 2.88. The van der Waals surface area contributed by atoms with E-state index in [0.29, 0.717) is 12.1 Å². The second-order valence-electron chi connectivity index (χ2n) is 3.43. The third-order valence-corrected chi connectivity index (χ3v) is 1.93. The molecule has 1 rings (SSSR count). The van der Waals surface area contributed by atoms with Crippen LogP contribution >= 0.6 is 0 Å². The molecule has 1 heterocycles. The maximum absolute atomic E-state index is 11.3. The molecule has 2 N–H and O–H groups in total. The fourth-order valence-electron chi connectivity index (χ4n) is 1.13. The monoisotopic (exact) mass is 237 g/mol. The van der Waals surface area contributed by atoms with Crippen molar-refractivity contribution in [1.29, 1.82) is 0 Å². The zero-order chi connectivity index (χ0) is 12.8. The molecule has 92 valence electrons. The number of carboxylic acids is 1. The number of carboxylic acid groups (broad SMARTS) is 1. The van der Waals surface area contributed by atoms with Crippen LogP contribution in [0, 0.1) is 0 Å². The molecular formula is C10H13N4O3-. The standard InChI is InChI=1S/C10H14N4O3/c1-3-4-7-5-8(15)12-10(11-7)14-13-6(2)9(16)17/h5H,3-4H2,1-2H3,(H,16,17)(H2,11,12,14,15)/p-1/b13-6+. The Morgan fingerprint density at radius 1 is 1.65 bits per heavy atom. The average Bonchev–Trinajstić information content (AvgIpc) is 2.25. The summed E-state index contributed by atoms with van der Waals surface area (Å²) in [6.45, 7) is 3.24. The van der Waals surface area contributed by atoms with Crippen molar-refractivity contribution in [3.8, 4) is 0 Å². The van der Waals surface area contributed by atoms with Crippen molar-refractivity contribution in [1.82, 2.24) is 9.97 Å². The Hall–Kier alpha value is -2.18. The summed E-state index contributed by atoms with van der Waals surface area (Å²) in [7, 11) is 0. The summed E-state index contributed by atoms with van der Waals surface area (Å²) in [6.07, 6.45) is 1.53. The molecule has 0 bridgehead atoms. The number of H-pyrrole nitrogens is 1. The van der Waals surface area contributed by atoms with Crippen LogP contribution in [-0.4, -0.2) is 21.6 Å². The zero-order valence-electron chi connectivity index (χ0n) is 9.61. The maximum Gasteiger partial charge on any atom is 0.252 e. The highest BCUT2D eigenvalue weighted by atomic mass is 16.4. The summed E-state index contributed by atoms with van der Waals surface area (Å²) in [6, 6.07) is 1.39. The number of aromatic amines is 1. The van der Waals surface area contributed by atoms with E-state index in [9.17, 15) is 14.7 Å². The van der Waals surface area contributed by atoms with E-state index in [0.717, 1.165) is 6.42 Å². The van der Waals surface area contributed by atoms with Gasteiger partial charge in [-0.15, -0.1) is 0 Å². The SMILES string of the molecule is CCCc1cc(=O)[nH]c(N/N=C(\C)C(=O)[O-])n1. The van der Waals surface area contributed by atoms with E-state index < -0.39 is 5.97 Å². The quantitative estimate of drug-likeness (QED) is 0.517. The Bertz CT molecular complexity index is 493. The first-order valence-electron chi connectivity index (χ1n) is 5.14. The lowest BCUT2D eigenvalue weighted by atomic mass is 10.2. The number of hydrogen-bond acceptors (Lipinski definition) is 6. The van der Waals surface area contributed by atoms with Crippen LogP contribution in [0.3, 0.4) is 0 Å². The Labute approximate surface area is 97.6 Å². The van der Waals surface area contributed by atoms with Gasteiger partial charge in [-0.1, -0.05) is 13.3 Å². The molecule has 0 spiro atoms. The van der Waals surface area contributed by atoms with Crippen molar-refractivity contribution in [3.05, 3.63) is 22.1 Å². The summed E-state index contributed by atoms with van der Waals surface area (Å²) in [5.41, 5.74) is 2.45. The van der Waals surface area contributed by atoms with Crippen molar-refractivity contribution in [2.75, 3.05) is 5.43 Å². The molecule has 0 fully saturated rings. The molecule has 0 atom stereocenters. The fraction of sp³-hybridized carbons (Fsp3) is 0.400. The molecule has 0 amide bonds. The summed E-state index contributed by atoms with van der Waals surface area (Å²) >= 11 is 0. The lowest BCUT2D eigenvalue weighted by Crippen LogP contribution is -2.30. The number of aromatic nitrogens is 2. The molecule has 17 heavy (non-hydrogen) atoms. The Morgan fingerprint density at radius 2 is 2.35 bits per heavy atom. The number of hydrogen-bond donors (Lipinski definition) is 2. The molecule has 0 aliphatic carbocycles. The average molecular weight is 237 g/mol. The maximum atomic E-state index is 11.3. The van der Waals surface area contributed by atoms with Gasteiger partial charge in [0.05, 0.1) is 11.7 Å². The number of hydrazone groups is 1. The van der Waals surface area contributed by atoms with Crippen molar-refractivity contribution < 1.29 is 9.90 Å². The number of nitrogens with one attached hydrogen (secondary N) is 2. The van der Waals surface area contributed by atoms with Crippen LogP contribution in [0.2, 0.25) is 0 Å². The molecule has 1 aromatic rings. The number of rotatable bonds is 5. The predicted octanol–water partition coefficient (Wildman–Crippen LogP) is -0.740. The molecule has 0 aliphatic rings. The zero-order valence-corrected chi connectivity index (χ0v) is 9.61. The number of aliphatic carboxylic acids is 1. The highest BCUT2D eigenvalue weighted by Crippen LogP contribution is 2.00. The minimum atomic E-state index is -1.38. The minimum absolute atomic E-state index is 0.113. The minimum Gasteiger partial charge on any atom is -0.543 e. The normalized spacial score (nSPS) is 11.3. The van der Waals surface area contributed by atoms with Crippen molar-refractivity contribution in [2.45, 2.75) is 26.7 Å². The largest absolute Gasteiger partial charge is 0.543 e. The highest BCUT2D eigenvalue weighted by Gasteiger charge is 2.00. The first-order valence-corrected chi connectivity index (χ1v) is 5.14. The second-order valence-corrected chi connectivity index (χ2v) is 3.43. The third-order valence-electron chi connectivity index (χ3n) is 1.93. The molecule has 0 saturated heterocycles. The molecular weight excluding hydrogens is 224 g/mol. The van der Waals surface area contributed by atoms with Gasteiger partial charge in [0, 0.05) is 11.8 Å².